The molecule has 1 atom stereocenters. The van der Waals surface area contributed by atoms with Gasteiger partial charge >= 0.3 is 0 Å². The lowest BCUT2D eigenvalue weighted by molar-refractivity contribution is -0.149. The number of hydrogen-bond acceptors (Lipinski definition) is 5. The Morgan fingerprint density at radius 1 is 1.14 bits per heavy atom. The molecule has 2 heterocycles. The van der Waals surface area contributed by atoms with Gasteiger partial charge < -0.3 is 9.80 Å². The van der Waals surface area contributed by atoms with Gasteiger partial charge in [-0.2, -0.15) is 0 Å². The number of carbonyl (C=O) groups is 2. The van der Waals surface area contributed by atoms with E-state index in [-0.39, 0.29) is 23.3 Å². The van der Waals surface area contributed by atoms with Gasteiger partial charge in [-0.1, -0.05) is 48.9 Å². The number of benzene rings is 2. The van der Waals surface area contributed by atoms with Crippen molar-refractivity contribution in [1.82, 2.24) is 9.80 Å². The summed E-state index contributed by atoms with van der Waals surface area (Å²) < 4.78 is 25.1. The number of hydrogen-bond donors (Lipinski definition) is 0. The lowest BCUT2D eigenvalue weighted by Gasteiger charge is -2.51. The first-order valence-corrected chi connectivity index (χ1v) is 14.7. The molecule has 35 heavy (non-hydrogen) atoms. The molecule has 2 amide bonds. The van der Waals surface area contributed by atoms with Crippen molar-refractivity contribution in [3.63, 3.8) is 0 Å². The first-order valence-electron chi connectivity index (χ1n) is 11.7. The second kappa shape index (κ2) is 10.3. The molecule has 3 aromatic rings. The fourth-order valence-corrected chi connectivity index (χ4v) is 6.34. The van der Waals surface area contributed by atoms with E-state index in [1.807, 2.05) is 48.7 Å². The Hall–Kier alpha value is -2.42. The lowest BCUT2D eigenvalue weighted by Crippen LogP contribution is -2.67. The molecule has 0 bridgehead atoms. The summed E-state index contributed by atoms with van der Waals surface area (Å²) in [6, 6.07) is 15.0. The van der Waals surface area contributed by atoms with Crippen molar-refractivity contribution in [2.24, 2.45) is 0 Å². The van der Waals surface area contributed by atoms with Crippen molar-refractivity contribution in [3.8, 4) is 0 Å². The van der Waals surface area contributed by atoms with Crippen molar-refractivity contribution >= 4 is 54.7 Å². The van der Waals surface area contributed by atoms with Crippen LogP contribution in [0.3, 0.4) is 0 Å². The Balaban J connectivity index is 1.56. The van der Waals surface area contributed by atoms with E-state index in [1.54, 1.807) is 28.9 Å². The summed E-state index contributed by atoms with van der Waals surface area (Å²) >= 11 is 7.54. The number of nitrogens with zero attached hydrogens (tertiary/aromatic N) is 2. The van der Waals surface area contributed by atoms with Crippen molar-refractivity contribution in [2.75, 3.05) is 24.6 Å². The van der Waals surface area contributed by atoms with Gasteiger partial charge in [0.1, 0.15) is 15.4 Å². The molecule has 0 N–H and O–H groups in total. The van der Waals surface area contributed by atoms with E-state index in [4.69, 9.17) is 11.6 Å². The van der Waals surface area contributed by atoms with Crippen LogP contribution in [0.15, 0.2) is 53.9 Å². The number of likely N-dealkylation sites (tertiary alicyclic amines) is 1. The molecule has 4 rings (SSSR count). The third-order valence-corrected chi connectivity index (χ3v) is 9.74. The van der Waals surface area contributed by atoms with E-state index in [9.17, 15) is 18.0 Å². The number of halogens is 1. The number of rotatable bonds is 9. The van der Waals surface area contributed by atoms with Crippen LogP contribution in [0.1, 0.15) is 42.6 Å². The van der Waals surface area contributed by atoms with Gasteiger partial charge in [-0.05, 0) is 43.5 Å². The monoisotopic (exact) mass is 532 g/mol. The van der Waals surface area contributed by atoms with Gasteiger partial charge in [-0.15, -0.1) is 11.3 Å². The van der Waals surface area contributed by atoms with E-state index >= 15 is 0 Å². The summed E-state index contributed by atoms with van der Waals surface area (Å²) in [5, 5.41) is 3.36. The van der Waals surface area contributed by atoms with E-state index in [2.05, 4.69) is 0 Å². The second-order valence-electron chi connectivity index (χ2n) is 9.07. The van der Waals surface area contributed by atoms with Crippen LogP contribution in [-0.2, 0) is 21.2 Å². The SMILES string of the molecule is CCS(=O)(=O)CCCN(Cc1ccc(Cl)cc1)C(=O)C1(C)CCN1C(=O)c1csc2ccccc12. The smallest absolute Gasteiger partial charge is 0.256 e. The summed E-state index contributed by atoms with van der Waals surface area (Å²) in [6.07, 6.45) is 0.902. The van der Waals surface area contributed by atoms with E-state index < -0.39 is 15.4 Å². The third kappa shape index (κ3) is 5.39. The summed E-state index contributed by atoms with van der Waals surface area (Å²) in [4.78, 5) is 30.7. The molecule has 9 heteroatoms. The molecule has 2 aromatic carbocycles. The van der Waals surface area contributed by atoms with Gasteiger partial charge in [-0.25, -0.2) is 8.42 Å². The highest BCUT2D eigenvalue weighted by atomic mass is 35.5. The van der Waals surface area contributed by atoms with Gasteiger partial charge in [0.2, 0.25) is 5.91 Å². The Morgan fingerprint density at radius 2 is 1.86 bits per heavy atom. The van der Waals surface area contributed by atoms with E-state index in [0.29, 0.717) is 43.1 Å². The average Bonchev–Trinajstić information content (AvgIpc) is 3.27. The first-order chi connectivity index (χ1) is 16.6. The molecule has 0 radical (unpaired) electrons. The third-order valence-electron chi connectivity index (χ3n) is 6.73. The largest absolute Gasteiger partial charge is 0.336 e. The molecule has 0 spiro atoms. The molecule has 1 fully saturated rings. The first kappa shape index (κ1) is 25.7. The summed E-state index contributed by atoms with van der Waals surface area (Å²) in [5.41, 5.74) is 0.532. The van der Waals surface area contributed by atoms with Gasteiger partial charge in [0.25, 0.3) is 5.91 Å². The van der Waals surface area contributed by atoms with Gasteiger partial charge in [0, 0.05) is 45.9 Å². The number of fused-ring (bicyclic) bond motifs is 1. The molecule has 0 saturated carbocycles. The number of thiophene rings is 1. The zero-order chi connectivity index (χ0) is 25.2. The maximum atomic E-state index is 13.9. The van der Waals surface area contributed by atoms with Crippen LogP contribution in [0.25, 0.3) is 10.1 Å². The van der Waals surface area contributed by atoms with Crippen molar-refractivity contribution < 1.29 is 18.0 Å². The highest BCUT2D eigenvalue weighted by molar-refractivity contribution is 7.91. The molecule has 0 aliphatic carbocycles. The van der Waals surface area contributed by atoms with Gasteiger partial charge in [0.05, 0.1) is 11.3 Å². The fourth-order valence-electron chi connectivity index (χ4n) is 4.42. The molecule has 1 aliphatic rings. The summed E-state index contributed by atoms with van der Waals surface area (Å²) in [7, 11) is -3.14. The molecule has 6 nitrogen and oxygen atoms in total. The number of carbonyl (C=O) groups excluding carboxylic acids is 2. The van der Waals surface area contributed by atoms with Crippen LogP contribution in [0.2, 0.25) is 5.02 Å². The quantitative estimate of drug-likeness (QED) is 0.388. The minimum absolute atomic E-state index is 0.0220. The highest BCUT2D eigenvalue weighted by Crippen LogP contribution is 2.36. The lowest BCUT2D eigenvalue weighted by atomic mass is 9.84. The van der Waals surface area contributed by atoms with Crippen LogP contribution in [-0.4, -0.2) is 60.2 Å². The molecular weight excluding hydrogens is 504 g/mol. The Kier molecular flexibility index (Phi) is 7.54. The van der Waals surface area contributed by atoms with Gasteiger partial charge in [0.15, 0.2) is 0 Å². The molecule has 1 aromatic heterocycles. The van der Waals surface area contributed by atoms with E-state index in [1.165, 1.54) is 11.3 Å². The topological polar surface area (TPSA) is 74.8 Å². The van der Waals surface area contributed by atoms with Crippen LogP contribution < -0.4 is 0 Å². The molecule has 1 unspecified atom stereocenters. The zero-order valence-corrected chi connectivity index (χ0v) is 22.3. The minimum Gasteiger partial charge on any atom is -0.336 e. The highest BCUT2D eigenvalue weighted by Gasteiger charge is 2.51. The summed E-state index contributed by atoms with van der Waals surface area (Å²) in [5.74, 6) is -0.217. The molecule has 1 saturated heterocycles. The Morgan fingerprint density at radius 3 is 2.51 bits per heavy atom. The average molecular weight is 533 g/mol. The second-order valence-corrected chi connectivity index (χ2v) is 12.9. The number of sulfone groups is 1. The standard InChI is InChI=1S/C26H29ClN2O4S2/c1-3-35(32,33)16-6-14-28(17-19-9-11-20(27)12-10-19)25(31)26(2)13-15-29(26)24(30)22-18-34-23-8-5-4-7-21(22)23/h4-5,7-12,18H,3,6,13-17H2,1-2H3. The normalized spacial score (nSPS) is 17.9. The number of amides is 2. The van der Waals surface area contributed by atoms with Crippen LogP contribution in [0.4, 0.5) is 0 Å². The van der Waals surface area contributed by atoms with Crippen LogP contribution in [0.5, 0.6) is 0 Å². The maximum Gasteiger partial charge on any atom is 0.256 e. The minimum atomic E-state index is -3.14. The molecule has 1 aliphatic heterocycles. The van der Waals surface area contributed by atoms with Crippen LogP contribution >= 0.6 is 22.9 Å². The zero-order valence-electron chi connectivity index (χ0n) is 19.9. The van der Waals surface area contributed by atoms with Gasteiger partial charge in [-0.3, -0.25) is 9.59 Å². The molecule has 186 valence electrons. The predicted molar refractivity (Wildman–Crippen MR) is 142 cm³/mol. The van der Waals surface area contributed by atoms with E-state index in [0.717, 1.165) is 15.6 Å². The predicted octanol–water partition coefficient (Wildman–Crippen LogP) is 5.01. The fraction of sp³-hybridized carbons (Fsp3) is 0.385. The van der Waals surface area contributed by atoms with Crippen molar-refractivity contribution in [3.05, 3.63) is 70.1 Å². The molecular formula is C26H29ClN2O4S2. The van der Waals surface area contributed by atoms with Crippen LogP contribution in [0, 0.1) is 0 Å². The van der Waals surface area contributed by atoms with Crippen molar-refractivity contribution in [2.45, 2.75) is 38.8 Å². The van der Waals surface area contributed by atoms with Crippen molar-refractivity contribution in [1.29, 1.82) is 0 Å². The summed E-state index contributed by atoms with van der Waals surface area (Å²) in [6.45, 7) is 4.55. The Labute approximate surface area is 215 Å². The Bertz CT molecular complexity index is 1340. The maximum absolute atomic E-state index is 13.9.